The molecule has 0 atom stereocenters. The third-order valence-electron chi connectivity index (χ3n) is 8.84. The molecule has 0 bridgehead atoms. The van der Waals surface area contributed by atoms with Crippen LogP contribution in [-0.2, 0) is 11.2 Å². The van der Waals surface area contributed by atoms with Gasteiger partial charge in [-0.2, -0.15) is 5.10 Å². The molecule has 10 nitrogen and oxygen atoms in total. The van der Waals surface area contributed by atoms with E-state index < -0.39 is 0 Å². The van der Waals surface area contributed by atoms with E-state index >= 15 is 0 Å². The van der Waals surface area contributed by atoms with E-state index in [0.29, 0.717) is 29.3 Å². The normalized spacial score (nSPS) is 13.3. The molecule has 1 aliphatic rings. The van der Waals surface area contributed by atoms with E-state index in [0.717, 1.165) is 69.6 Å². The number of nitrogens with one attached hydrogen (secondary N) is 3. The van der Waals surface area contributed by atoms with Crippen molar-refractivity contribution in [1.29, 1.82) is 0 Å². The third-order valence-corrected chi connectivity index (χ3v) is 8.84. The van der Waals surface area contributed by atoms with Crippen molar-refractivity contribution in [2.24, 2.45) is 0 Å². The Morgan fingerprint density at radius 3 is 2.59 bits per heavy atom. The van der Waals surface area contributed by atoms with Gasteiger partial charge in [-0.1, -0.05) is 30.3 Å². The molecule has 6 heterocycles. The van der Waals surface area contributed by atoms with Crippen molar-refractivity contribution in [2.75, 3.05) is 31.6 Å². The summed E-state index contributed by atoms with van der Waals surface area (Å²) in [4.78, 5) is 31.9. The standard InChI is InChI=1S/C38H33FN8O2/c39-28-13-25(15-30(17-28)49-11-10-47-8-4-5-9-47)33-22-41-23-35-31(33)18-34(44-35)37-32-16-27(20-42-38(32)46-45-37)26-14-29(21-40-19-26)43-36(48)12-24-6-2-1-3-7-24/h1-3,6-7,13-23,44H,4-5,8-12H2,(H,43,48)(H,42,45,46). The molecule has 3 N–H and O–H groups in total. The van der Waals surface area contributed by atoms with Gasteiger partial charge < -0.3 is 15.0 Å². The number of rotatable bonds is 10. The summed E-state index contributed by atoms with van der Waals surface area (Å²) >= 11 is 0. The largest absolute Gasteiger partial charge is 0.492 e. The van der Waals surface area contributed by atoms with Crippen LogP contribution >= 0.6 is 0 Å². The molecule has 0 radical (unpaired) electrons. The number of likely N-dealkylation sites (tertiary alicyclic amines) is 1. The summed E-state index contributed by atoms with van der Waals surface area (Å²) in [5.41, 5.74) is 7.49. The van der Waals surface area contributed by atoms with Gasteiger partial charge in [-0.25, -0.2) is 9.37 Å². The number of ether oxygens (including phenoxy) is 1. The maximum atomic E-state index is 14.8. The molecule has 244 valence electrons. The lowest BCUT2D eigenvalue weighted by Gasteiger charge is -2.15. The lowest BCUT2D eigenvalue weighted by atomic mass is 10.0. The Labute approximate surface area is 281 Å². The predicted octanol–water partition coefficient (Wildman–Crippen LogP) is 7.03. The molecular formula is C38H33FN8O2. The van der Waals surface area contributed by atoms with Crippen molar-refractivity contribution in [2.45, 2.75) is 19.3 Å². The van der Waals surface area contributed by atoms with Gasteiger partial charge in [0.25, 0.3) is 0 Å². The number of anilines is 1. The summed E-state index contributed by atoms with van der Waals surface area (Å²) in [6.45, 7) is 3.51. The first-order valence-corrected chi connectivity index (χ1v) is 16.3. The number of carbonyl (C=O) groups is 1. The van der Waals surface area contributed by atoms with E-state index in [1.54, 1.807) is 31.0 Å². The van der Waals surface area contributed by atoms with Crippen LogP contribution < -0.4 is 10.1 Å². The highest BCUT2D eigenvalue weighted by Crippen LogP contribution is 2.36. The second kappa shape index (κ2) is 13.3. The first-order valence-electron chi connectivity index (χ1n) is 16.3. The van der Waals surface area contributed by atoms with Crippen molar-refractivity contribution in [3.8, 4) is 39.4 Å². The van der Waals surface area contributed by atoms with Crippen LogP contribution in [0.4, 0.5) is 10.1 Å². The molecule has 1 saturated heterocycles. The molecule has 11 heteroatoms. The number of nitrogens with zero attached hydrogens (tertiary/aromatic N) is 5. The van der Waals surface area contributed by atoms with E-state index in [1.807, 2.05) is 54.6 Å². The van der Waals surface area contributed by atoms with Crippen LogP contribution in [0.1, 0.15) is 18.4 Å². The Morgan fingerprint density at radius 1 is 0.878 bits per heavy atom. The zero-order chi connectivity index (χ0) is 33.2. The molecule has 8 rings (SSSR count). The van der Waals surface area contributed by atoms with Gasteiger partial charge in [-0.15, -0.1) is 0 Å². The third kappa shape index (κ3) is 6.61. The van der Waals surface area contributed by atoms with Crippen LogP contribution in [0.25, 0.3) is 55.6 Å². The highest BCUT2D eigenvalue weighted by molar-refractivity contribution is 6.01. The molecule has 1 amide bonds. The second-order valence-corrected chi connectivity index (χ2v) is 12.3. The first-order chi connectivity index (χ1) is 24.1. The summed E-state index contributed by atoms with van der Waals surface area (Å²) in [7, 11) is 0. The summed E-state index contributed by atoms with van der Waals surface area (Å²) in [5, 5.41) is 12.2. The zero-order valence-electron chi connectivity index (χ0n) is 26.6. The van der Waals surface area contributed by atoms with Gasteiger partial charge in [0.05, 0.1) is 41.4 Å². The van der Waals surface area contributed by atoms with Crippen LogP contribution in [0.2, 0.25) is 0 Å². The molecular weight excluding hydrogens is 619 g/mol. The fraction of sp³-hybridized carbons (Fsp3) is 0.184. The van der Waals surface area contributed by atoms with Crippen molar-refractivity contribution in [3.63, 3.8) is 0 Å². The van der Waals surface area contributed by atoms with Crippen molar-refractivity contribution >= 4 is 33.5 Å². The molecule has 1 fully saturated rings. The maximum Gasteiger partial charge on any atom is 0.228 e. The zero-order valence-corrected chi connectivity index (χ0v) is 26.6. The smallest absolute Gasteiger partial charge is 0.228 e. The summed E-state index contributed by atoms with van der Waals surface area (Å²) in [6, 6.07) is 20.3. The van der Waals surface area contributed by atoms with Crippen LogP contribution in [-0.4, -0.2) is 67.2 Å². The average molecular weight is 653 g/mol. The van der Waals surface area contributed by atoms with Crippen molar-refractivity contribution in [3.05, 3.63) is 109 Å². The number of amides is 1. The van der Waals surface area contributed by atoms with Gasteiger partial charge in [-0.05, 0) is 67.4 Å². The Morgan fingerprint density at radius 2 is 1.71 bits per heavy atom. The maximum absolute atomic E-state index is 14.8. The van der Waals surface area contributed by atoms with E-state index in [-0.39, 0.29) is 18.1 Å². The Bertz CT molecular complexity index is 2280. The number of hydrogen-bond donors (Lipinski definition) is 3. The number of pyridine rings is 3. The van der Waals surface area contributed by atoms with Gasteiger partial charge in [-0.3, -0.25) is 24.8 Å². The number of hydrogen-bond acceptors (Lipinski definition) is 7. The van der Waals surface area contributed by atoms with Gasteiger partial charge in [0.2, 0.25) is 5.91 Å². The number of aromatic amines is 2. The topological polar surface area (TPSA) is 125 Å². The molecule has 49 heavy (non-hydrogen) atoms. The highest BCUT2D eigenvalue weighted by Gasteiger charge is 2.17. The minimum atomic E-state index is -0.367. The number of aromatic nitrogens is 6. The predicted molar refractivity (Wildman–Crippen MR) is 188 cm³/mol. The first kappa shape index (κ1) is 30.4. The lowest BCUT2D eigenvalue weighted by Crippen LogP contribution is -2.25. The van der Waals surface area contributed by atoms with Gasteiger partial charge >= 0.3 is 0 Å². The number of benzene rings is 2. The molecule has 0 saturated carbocycles. The van der Waals surface area contributed by atoms with Crippen molar-refractivity contribution in [1.82, 2.24) is 35.0 Å². The average Bonchev–Trinajstić information content (AvgIpc) is 3.88. The Hall–Kier alpha value is -5.94. The van der Waals surface area contributed by atoms with Crippen LogP contribution in [0.15, 0.2) is 97.7 Å². The molecule has 0 aliphatic carbocycles. The quantitative estimate of drug-likeness (QED) is 0.145. The fourth-order valence-corrected chi connectivity index (χ4v) is 6.43. The summed E-state index contributed by atoms with van der Waals surface area (Å²) in [6.07, 6.45) is 11.3. The molecule has 0 spiro atoms. The fourth-order valence-electron chi connectivity index (χ4n) is 6.43. The van der Waals surface area contributed by atoms with Crippen LogP contribution in [0, 0.1) is 5.82 Å². The molecule has 2 aromatic carbocycles. The van der Waals surface area contributed by atoms with Crippen LogP contribution in [0.5, 0.6) is 5.75 Å². The molecule has 7 aromatic rings. The highest BCUT2D eigenvalue weighted by atomic mass is 19.1. The van der Waals surface area contributed by atoms with Crippen molar-refractivity contribution < 1.29 is 13.9 Å². The monoisotopic (exact) mass is 652 g/mol. The minimum absolute atomic E-state index is 0.122. The number of H-pyrrole nitrogens is 2. The molecule has 5 aromatic heterocycles. The number of halogens is 1. The minimum Gasteiger partial charge on any atom is -0.492 e. The SMILES string of the molecule is O=C(Cc1ccccc1)Nc1cncc(-c2cnc3n[nH]c(-c4cc5c(-c6cc(F)cc(OCCN7CCCC7)c6)cncc5[nH]4)c3c2)c1. The Balaban J connectivity index is 1.06. The molecule has 1 aliphatic heterocycles. The lowest BCUT2D eigenvalue weighted by molar-refractivity contribution is -0.115. The van der Waals surface area contributed by atoms with Gasteiger partial charge in [0, 0.05) is 58.7 Å². The van der Waals surface area contributed by atoms with Gasteiger partial charge in [0.1, 0.15) is 18.2 Å². The van der Waals surface area contributed by atoms with E-state index in [2.05, 4.69) is 40.3 Å². The number of fused-ring (bicyclic) bond motifs is 2. The van der Waals surface area contributed by atoms with E-state index in [4.69, 9.17) is 4.74 Å². The molecule has 0 unspecified atom stereocenters. The number of carbonyl (C=O) groups excluding carboxylic acids is 1. The Kier molecular flexibility index (Phi) is 8.24. The summed E-state index contributed by atoms with van der Waals surface area (Å²) in [5.74, 6) is 0.00592. The van der Waals surface area contributed by atoms with Crippen LogP contribution in [0.3, 0.4) is 0 Å². The van der Waals surface area contributed by atoms with E-state index in [9.17, 15) is 9.18 Å². The second-order valence-electron chi connectivity index (χ2n) is 12.3. The van der Waals surface area contributed by atoms with E-state index in [1.165, 1.54) is 25.0 Å². The summed E-state index contributed by atoms with van der Waals surface area (Å²) < 4.78 is 20.8. The van der Waals surface area contributed by atoms with Gasteiger partial charge in [0.15, 0.2) is 5.65 Å².